The molecule has 0 aromatic heterocycles. The molecule has 0 atom stereocenters. The quantitative estimate of drug-likeness (QED) is 0.525. The van der Waals surface area contributed by atoms with Gasteiger partial charge in [0, 0.05) is 29.2 Å². The van der Waals surface area contributed by atoms with Gasteiger partial charge >= 0.3 is 0 Å². The molecule has 3 aromatic carbocycles. The molecule has 2 N–H and O–H groups in total. The number of ether oxygens (including phenoxy) is 1. The van der Waals surface area contributed by atoms with Gasteiger partial charge in [0.2, 0.25) is 5.91 Å². The average molecular weight is 418 g/mol. The van der Waals surface area contributed by atoms with Gasteiger partial charge in [-0.05, 0) is 68.4 Å². The third-order valence-corrected chi connectivity index (χ3v) is 4.64. The van der Waals surface area contributed by atoms with Crippen molar-refractivity contribution in [3.63, 3.8) is 0 Å². The van der Waals surface area contributed by atoms with Crippen molar-refractivity contribution >= 4 is 28.9 Å². The largest absolute Gasteiger partial charge is 0.494 e. The van der Waals surface area contributed by atoms with Gasteiger partial charge in [0.1, 0.15) is 5.75 Å². The van der Waals surface area contributed by atoms with E-state index in [1.165, 1.54) is 0 Å². The predicted octanol–water partition coefficient (Wildman–Crippen LogP) is 4.80. The molecule has 3 rings (SSSR count). The van der Waals surface area contributed by atoms with E-state index >= 15 is 0 Å². The van der Waals surface area contributed by atoms with Gasteiger partial charge in [-0.2, -0.15) is 0 Å². The highest BCUT2D eigenvalue weighted by molar-refractivity contribution is 6.06. The molecule has 0 saturated heterocycles. The van der Waals surface area contributed by atoms with Crippen LogP contribution in [0.15, 0.2) is 78.9 Å². The van der Waals surface area contributed by atoms with Crippen molar-refractivity contribution in [3.8, 4) is 5.75 Å². The molecule has 0 heterocycles. The summed E-state index contributed by atoms with van der Waals surface area (Å²) >= 11 is 0. The van der Waals surface area contributed by atoms with E-state index in [2.05, 4.69) is 10.6 Å². The third-order valence-electron chi connectivity index (χ3n) is 4.64. The second-order valence-corrected chi connectivity index (χ2v) is 6.82. The zero-order chi connectivity index (χ0) is 22.1. The van der Waals surface area contributed by atoms with Crippen LogP contribution in [0.4, 0.5) is 17.1 Å². The highest BCUT2D eigenvalue weighted by Crippen LogP contribution is 2.19. The van der Waals surface area contributed by atoms with Gasteiger partial charge in [0.05, 0.1) is 13.2 Å². The second kappa shape index (κ2) is 10.8. The summed E-state index contributed by atoms with van der Waals surface area (Å²) in [6.07, 6.45) is 0. The smallest absolute Gasteiger partial charge is 0.258 e. The number of nitrogens with one attached hydrogen (secondary N) is 2. The minimum Gasteiger partial charge on any atom is -0.494 e. The van der Waals surface area contributed by atoms with Gasteiger partial charge < -0.3 is 20.3 Å². The van der Waals surface area contributed by atoms with E-state index in [9.17, 15) is 9.59 Å². The number of para-hydroxylation sites is 1. The van der Waals surface area contributed by atoms with Gasteiger partial charge in [-0.25, -0.2) is 0 Å². The number of hydrogen-bond acceptors (Lipinski definition) is 4. The van der Waals surface area contributed by atoms with E-state index in [0.29, 0.717) is 30.1 Å². The maximum absolute atomic E-state index is 13.0. The van der Waals surface area contributed by atoms with Crippen molar-refractivity contribution < 1.29 is 14.3 Å². The molecule has 160 valence electrons. The molecule has 0 spiro atoms. The van der Waals surface area contributed by atoms with Crippen LogP contribution in [0.2, 0.25) is 0 Å². The van der Waals surface area contributed by atoms with Crippen LogP contribution in [0.3, 0.4) is 0 Å². The fourth-order valence-corrected chi connectivity index (χ4v) is 3.16. The first-order valence-electron chi connectivity index (χ1n) is 10.3. The van der Waals surface area contributed by atoms with Crippen LogP contribution in [0, 0.1) is 0 Å². The summed E-state index contributed by atoms with van der Waals surface area (Å²) < 4.78 is 5.40. The first-order chi connectivity index (χ1) is 15.1. The van der Waals surface area contributed by atoms with Gasteiger partial charge in [0.25, 0.3) is 5.91 Å². The summed E-state index contributed by atoms with van der Waals surface area (Å²) in [5.41, 5.74) is 2.81. The summed E-state index contributed by atoms with van der Waals surface area (Å²) in [5, 5.41) is 5.92. The van der Waals surface area contributed by atoms with Crippen LogP contribution in [-0.2, 0) is 4.79 Å². The lowest BCUT2D eigenvalue weighted by Crippen LogP contribution is -2.30. The average Bonchev–Trinajstić information content (AvgIpc) is 2.80. The lowest BCUT2D eigenvalue weighted by molar-refractivity contribution is -0.114. The molecular weight excluding hydrogens is 390 g/mol. The van der Waals surface area contributed by atoms with Gasteiger partial charge in [-0.15, -0.1) is 0 Å². The molecule has 2 amide bonds. The Kier molecular flexibility index (Phi) is 7.65. The lowest BCUT2D eigenvalue weighted by Gasteiger charge is -2.21. The summed E-state index contributed by atoms with van der Waals surface area (Å²) in [6, 6.07) is 24.0. The van der Waals surface area contributed by atoms with Crippen LogP contribution in [-0.4, -0.2) is 31.5 Å². The number of carbonyl (C=O) groups is 2. The standard InChI is InChI=1S/C25H27N3O3/c1-3-28(22-11-6-5-7-12-22)25(30)19-9-8-10-21(17-19)26-18-24(29)27-20-13-15-23(16-14-20)31-4-2/h5-17,26H,3-4,18H2,1-2H3,(H,27,29). The molecule has 0 aliphatic carbocycles. The number of hydrogen-bond donors (Lipinski definition) is 2. The molecule has 3 aromatic rings. The Hall–Kier alpha value is -3.80. The van der Waals surface area contributed by atoms with Crippen LogP contribution < -0.4 is 20.3 Å². The fraction of sp³-hybridized carbons (Fsp3) is 0.200. The molecule has 0 aliphatic heterocycles. The van der Waals surface area contributed by atoms with E-state index in [4.69, 9.17) is 4.74 Å². The lowest BCUT2D eigenvalue weighted by atomic mass is 10.1. The van der Waals surface area contributed by atoms with Crippen molar-refractivity contribution in [3.05, 3.63) is 84.4 Å². The molecule has 0 fully saturated rings. The van der Waals surface area contributed by atoms with Crippen molar-refractivity contribution in [1.82, 2.24) is 0 Å². The first kappa shape index (κ1) is 21.9. The Labute approximate surface area is 182 Å². The predicted molar refractivity (Wildman–Crippen MR) is 125 cm³/mol. The molecule has 6 heteroatoms. The summed E-state index contributed by atoms with van der Waals surface area (Å²) in [4.78, 5) is 27.0. The Morgan fingerprint density at radius 2 is 1.61 bits per heavy atom. The van der Waals surface area contributed by atoms with Crippen molar-refractivity contribution in [2.24, 2.45) is 0 Å². The van der Waals surface area contributed by atoms with E-state index in [1.54, 1.807) is 35.2 Å². The first-order valence-corrected chi connectivity index (χ1v) is 10.3. The monoisotopic (exact) mass is 417 g/mol. The molecule has 0 radical (unpaired) electrons. The maximum atomic E-state index is 13.0. The Morgan fingerprint density at radius 1 is 0.871 bits per heavy atom. The number of carbonyl (C=O) groups excluding carboxylic acids is 2. The van der Waals surface area contributed by atoms with Crippen LogP contribution in [0.5, 0.6) is 5.75 Å². The Balaban J connectivity index is 1.59. The number of benzene rings is 3. The minimum atomic E-state index is -0.180. The highest BCUT2D eigenvalue weighted by Gasteiger charge is 2.16. The highest BCUT2D eigenvalue weighted by atomic mass is 16.5. The molecule has 6 nitrogen and oxygen atoms in total. The Morgan fingerprint density at radius 3 is 2.29 bits per heavy atom. The zero-order valence-corrected chi connectivity index (χ0v) is 17.8. The normalized spacial score (nSPS) is 10.3. The SMILES string of the molecule is CCOc1ccc(NC(=O)CNc2cccc(C(=O)N(CC)c3ccccc3)c2)cc1. The number of nitrogens with zero attached hydrogens (tertiary/aromatic N) is 1. The van der Waals surface area contributed by atoms with E-state index in [0.717, 1.165) is 11.4 Å². The maximum Gasteiger partial charge on any atom is 0.258 e. The molecular formula is C25H27N3O3. The number of anilines is 3. The zero-order valence-electron chi connectivity index (χ0n) is 17.8. The molecule has 0 bridgehead atoms. The fourth-order valence-electron chi connectivity index (χ4n) is 3.16. The van der Waals surface area contributed by atoms with E-state index in [-0.39, 0.29) is 18.4 Å². The molecule has 0 unspecified atom stereocenters. The molecule has 31 heavy (non-hydrogen) atoms. The number of amides is 2. The van der Waals surface area contributed by atoms with Crippen molar-refractivity contribution in [1.29, 1.82) is 0 Å². The van der Waals surface area contributed by atoms with Crippen molar-refractivity contribution in [2.45, 2.75) is 13.8 Å². The second-order valence-electron chi connectivity index (χ2n) is 6.82. The summed E-state index contributed by atoms with van der Waals surface area (Å²) in [7, 11) is 0. The van der Waals surface area contributed by atoms with E-state index < -0.39 is 0 Å². The van der Waals surface area contributed by atoms with Crippen molar-refractivity contribution in [2.75, 3.05) is 35.2 Å². The minimum absolute atomic E-state index is 0.0844. The van der Waals surface area contributed by atoms with Crippen LogP contribution in [0.1, 0.15) is 24.2 Å². The summed E-state index contributed by atoms with van der Waals surface area (Å²) in [5.74, 6) is 0.494. The molecule has 0 saturated carbocycles. The van der Waals surface area contributed by atoms with Crippen LogP contribution in [0.25, 0.3) is 0 Å². The summed E-state index contributed by atoms with van der Waals surface area (Å²) in [6.45, 7) is 5.11. The number of rotatable bonds is 9. The third kappa shape index (κ3) is 6.09. The van der Waals surface area contributed by atoms with Gasteiger partial charge in [0.15, 0.2) is 0 Å². The molecule has 0 aliphatic rings. The van der Waals surface area contributed by atoms with E-state index in [1.807, 2.05) is 62.4 Å². The topological polar surface area (TPSA) is 70.7 Å². The van der Waals surface area contributed by atoms with Gasteiger partial charge in [-0.3, -0.25) is 9.59 Å². The van der Waals surface area contributed by atoms with Gasteiger partial charge in [-0.1, -0.05) is 24.3 Å². The van der Waals surface area contributed by atoms with Crippen LogP contribution >= 0.6 is 0 Å². The Bertz CT molecular complexity index is 1000.